The molecule has 2 aromatic carbocycles. The second-order valence-electron chi connectivity index (χ2n) is 4.62. The van der Waals surface area contributed by atoms with Crippen LogP contribution >= 0.6 is 0 Å². The van der Waals surface area contributed by atoms with Crippen molar-refractivity contribution in [1.82, 2.24) is 0 Å². The van der Waals surface area contributed by atoms with Gasteiger partial charge in [0.2, 0.25) is 0 Å². The first-order chi connectivity index (χ1) is 9.81. The summed E-state index contributed by atoms with van der Waals surface area (Å²) in [4.78, 5) is 2.19. The van der Waals surface area contributed by atoms with E-state index in [2.05, 4.69) is 42.5 Å². The van der Waals surface area contributed by atoms with Gasteiger partial charge in [0.25, 0.3) is 0 Å². The van der Waals surface area contributed by atoms with Crippen molar-refractivity contribution in [3.63, 3.8) is 0 Å². The van der Waals surface area contributed by atoms with Crippen LogP contribution in [0.1, 0.15) is 12.0 Å². The highest BCUT2D eigenvalue weighted by molar-refractivity contribution is 5.49. The van der Waals surface area contributed by atoms with Gasteiger partial charge in [-0.25, -0.2) is 0 Å². The minimum Gasteiger partial charge on any atom is -0.360 e. The van der Waals surface area contributed by atoms with E-state index in [9.17, 15) is 0 Å². The molecule has 1 nitrogen and oxygen atoms in total. The van der Waals surface area contributed by atoms with Gasteiger partial charge in [-0.1, -0.05) is 54.3 Å². The van der Waals surface area contributed by atoms with Crippen molar-refractivity contribution < 1.29 is 0 Å². The van der Waals surface area contributed by atoms with Gasteiger partial charge in [-0.15, -0.1) is 6.58 Å². The molecule has 0 fully saturated rings. The fraction of sp³-hybridized carbons (Fsp3) is 0.158. The molecule has 0 aromatic heterocycles. The lowest BCUT2D eigenvalue weighted by atomic mass is 10.1. The van der Waals surface area contributed by atoms with Gasteiger partial charge >= 0.3 is 0 Å². The zero-order valence-electron chi connectivity index (χ0n) is 11.8. The van der Waals surface area contributed by atoms with Crippen LogP contribution in [-0.4, -0.2) is 13.1 Å². The Morgan fingerprint density at radius 2 is 1.65 bits per heavy atom. The number of nitrogens with zero attached hydrogens (tertiary/aromatic N) is 1. The fourth-order valence-corrected chi connectivity index (χ4v) is 2.00. The van der Waals surface area contributed by atoms with Crippen molar-refractivity contribution in [3.05, 3.63) is 78.9 Å². The van der Waals surface area contributed by atoms with E-state index in [0.717, 1.165) is 12.0 Å². The predicted molar refractivity (Wildman–Crippen MR) is 86.8 cm³/mol. The predicted octanol–water partition coefficient (Wildman–Crippen LogP) is 4.12. The van der Waals surface area contributed by atoms with Crippen molar-refractivity contribution in [2.45, 2.75) is 12.5 Å². The normalized spacial score (nSPS) is 11.1. The number of hydrogen-bond acceptors (Lipinski definition) is 1. The molecule has 2 rings (SSSR count). The number of para-hydroxylation sites is 1. The average molecular weight is 261 g/mol. The first-order valence-electron chi connectivity index (χ1n) is 6.76. The van der Waals surface area contributed by atoms with Gasteiger partial charge in [-0.3, -0.25) is 0 Å². The summed E-state index contributed by atoms with van der Waals surface area (Å²) in [6.45, 7) is 3.84. The van der Waals surface area contributed by atoms with Crippen LogP contribution in [-0.2, 0) is 0 Å². The summed E-state index contributed by atoms with van der Waals surface area (Å²) in [5.41, 5.74) is 2.21. The molecule has 1 unspecified atom stereocenters. The lowest BCUT2D eigenvalue weighted by Gasteiger charge is -2.25. The molecule has 2 aromatic rings. The number of rotatable bonds is 4. The highest BCUT2D eigenvalue weighted by Gasteiger charge is 2.10. The molecular formula is C19H19N. The molecule has 1 heteroatoms. The monoisotopic (exact) mass is 261 g/mol. The molecule has 100 valence electrons. The Morgan fingerprint density at radius 3 is 2.25 bits per heavy atom. The van der Waals surface area contributed by atoms with Gasteiger partial charge in [0.1, 0.15) is 0 Å². The first kappa shape index (κ1) is 14.0. The highest BCUT2D eigenvalue weighted by atomic mass is 15.1. The molecule has 0 N–H and O–H groups in total. The molecule has 0 aliphatic heterocycles. The lowest BCUT2D eigenvalue weighted by molar-refractivity contribution is 0.782. The molecule has 0 amide bonds. The van der Waals surface area contributed by atoms with Gasteiger partial charge in [0.15, 0.2) is 0 Å². The molecule has 0 spiro atoms. The maximum atomic E-state index is 3.84. The molecule has 0 heterocycles. The molecule has 0 bridgehead atoms. The molecule has 0 saturated carbocycles. The summed E-state index contributed by atoms with van der Waals surface area (Å²) >= 11 is 0. The Hall–Kier alpha value is -2.46. The van der Waals surface area contributed by atoms with E-state index in [0.29, 0.717) is 0 Å². The molecule has 0 aliphatic rings. The summed E-state index contributed by atoms with van der Waals surface area (Å²) in [6, 6.07) is 20.5. The minimum absolute atomic E-state index is 0.134. The zero-order chi connectivity index (χ0) is 14.2. The van der Waals surface area contributed by atoms with Crippen LogP contribution in [0.4, 0.5) is 5.69 Å². The van der Waals surface area contributed by atoms with E-state index >= 15 is 0 Å². The van der Waals surface area contributed by atoms with E-state index in [1.165, 1.54) is 5.69 Å². The standard InChI is InChI=1S/C19H19N/c1-3-10-18(16-15-17-11-6-4-7-12-17)20(2)19-13-8-5-9-14-19/h3-9,11-14,18H,1,10H2,2H3. The van der Waals surface area contributed by atoms with Crippen LogP contribution in [0, 0.1) is 11.8 Å². The van der Waals surface area contributed by atoms with Gasteiger partial charge in [-0.05, 0) is 30.7 Å². The van der Waals surface area contributed by atoms with Crippen molar-refractivity contribution in [2.75, 3.05) is 11.9 Å². The first-order valence-corrected chi connectivity index (χ1v) is 6.76. The van der Waals surface area contributed by atoms with Gasteiger partial charge < -0.3 is 4.90 Å². The van der Waals surface area contributed by atoms with E-state index in [1.54, 1.807) is 0 Å². The van der Waals surface area contributed by atoms with E-state index < -0.39 is 0 Å². The topological polar surface area (TPSA) is 3.24 Å². The van der Waals surface area contributed by atoms with Crippen LogP contribution in [0.3, 0.4) is 0 Å². The van der Waals surface area contributed by atoms with Crippen LogP contribution in [0.2, 0.25) is 0 Å². The quantitative estimate of drug-likeness (QED) is 0.591. The second-order valence-corrected chi connectivity index (χ2v) is 4.62. The SMILES string of the molecule is C=CCC(C#Cc1ccccc1)N(C)c1ccccc1. The summed E-state index contributed by atoms with van der Waals surface area (Å²) in [5, 5.41) is 0. The fourth-order valence-electron chi connectivity index (χ4n) is 2.00. The summed E-state index contributed by atoms with van der Waals surface area (Å²) in [6.07, 6.45) is 2.76. The third kappa shape index (κ3) is 3.76. The van der Waals surface area contributed by atoms with Gasteiger partial charge in [-0.2, -0.15) is 0 Å². The zero-order valence-corrected chi connectivity index (χ0v) is 11.8. The van der Waals surface area contributed by atoms with E-state index in [-0.39, 0.29) is 6.04 Å². The average Bonchev–Trinajstić information content (AvgIpc) is 2.52. The smallest absolute Gasteiger partial charge is 0.0938 e. The van der Waals surface area contributed by atoms with Gasteiger partial charge in [0.05, 0.1) is 6.04 Å². The van der Waals surface area contributed by atoms with Crippen molar-refractivity contribution in [3.8, 4) is 11.8 Å². The Bertz CT molecular complexity index is 590. The van der Waals surface area contributed by atoms with Crippen molar-refractivity contribution in [2.24, 2.45) is 0 Å². The Labute approximate surface area is 121 Å². The Kier molecular flexibility index (Phi) is 5.03. The number of hydrogen-bond donors (Lipinski definition) is 0. The third-order valence-electron chi connectivity index (χ3n) is 3.18. The van der Waals surface area contributed by atoms with Crippen LogP contribution in [0.5, 0.6) is 0 Å². The Morgan fingerprint density at radius 1 is 1.05 bits per heavy atom. The molecule has 0 aliphatic carbocycles. The Balaban J connectivity index is 2.19. The van der Waals surface area contributed by atoms with E-state index in [1.807, 2.05) is 54.6 Å². The maximum absolute atomic E-state index is 3.84. The summed E-state index contributed by atoms with van der Waals surface area (Å²) in [7, 11) is 2.07. The van der Waals surface area contributed by atoms with Gasteiger partial charge in [0, 0.05) is 18.3 Å². The van der Waals surface area contributed by atoms with Crippen LogP contribution in [0.25, 0.3) is 0 Å². The minimum atomic E-state index is 0.134. The molecular weight excluding hydrogens is 242 g/mol. The summed E-state index contributed by atoms with van der Waals surface area (Å²) in [5.74, 6) is 6.58. The summed E-state index contributed by atoms with van der Waals surface area (Å²) < 4.78 is 0. The van der Waals surface area contributed by atoms with Crippen LogP contribution in [0.15, 0.2) is 73.3 Å². The maximum Gasteiger partial charge on any atom is 0.0938 e. The lowest BCUT2D eigenvalue weighted by Crippen LogP contribution is -2.29. The molecule has 0 saturated heterocycles. The van der Waals surface area contributed by atoms with E-state index in [4.69, 9.17) is 0 Å². The number of anilines is 1. The molecule has 0 radical (unpaired) electrons. The highest BCUT2D eigenvalue weighted by Crippen LogP contribution is 2.16. The molecule has 1 atom stereocenters. The van der Waals surface area contributed by atoms with Crippen molar-refractivity contribution >= 4 is 5.69 Å². The number of benzene rings is 2. The third-order valence-corrected chi connectivity index (χ3v) is 3.18. The largest absolute Gasteiger partial charge is 0.360 e. The van der Waals surface area contributed by atoms with Crippen LogP contribution < -0.4 is 4.90 Å². The van der Waals surface area contributed by atoms with Crippen molar-refractivity contribution in [1.29, 1.82) is 0 Å². The second kappa shape index (κ2) is 7.21. The molecule has 20 heavy (non-hydrogen) atoms.